The molecule has 4 nitrogen and oxygen atoms in total. The summed E-state index contributed by atoms with van der Waals surface area (Å²) in [6.07, 6.45) is 3.63. The van der Waals surface area contributed by atoms with Gasteiger partial charge in [-0.1, -0.05) is 17.4 Å². The minimum absolute atomic E-state index is 0.528. The van der Waals surface area contributed by atoms with Gasteiger partial charge in [-0.2, -0.15) is 0 Å². The van der Waals surface area contributed by atoms with Crippen LogP contribution in [0, 0.1) is 13.8 Å². The second-order valence-electron chi connectivity index (χ2n) is 4.67. The van der Waals surface area contributed by atoms with Crippen LogP contribution < -0.4 is 5.73 Å². The highest BCUT2D eigenvalue weighted by Crippen LogP contribution is 2.36. The number of aromatic nitrogens is 3. The lowest BCUT2D eigenvalue weighted by molar-refractivity contribution is 1.24. The van der Waals surface area contributed by atoms with Crippen LogP contribution in [0.1, 0.15) is 11.1 Å². The van der Waals surface area contributed by atoms with Crippen LogP contribution in [0.5, 0.6) is 0 Å². The van der Waals surface area contributed by atoms with Crippen molar-refractivity contribution in [2.75, 3.05) is 5.73 Å². The maximum absolute atomic E-state index is 5.87. The molecule has 0 unspecified atom stereocenters. The van der Waals surface area contributed by atoms with E-state index in [0.717, 1.165) is 33.1 Å². The van der Waals surface area contributed by atoms with E-state index in [0.29, 0.717) is 5.13 Å². The van der Waals surface area contributed by atoms with E-state index in [9.17, 15) is 0 Å². The number of pyridine rings is 2. The molecule has 20 heavy (non-hydrogen) atoms. The summed E-state index contributed by atoms with van der Waals surface area (Å²) in [5.41, 5.74) is 10.7. The Labute approximate surface area is 121 Å². The molecule has 0 aromatic carbocycles. The number of nitrogens with zero attached hydrogens (tertiary/aromatic N) is 3. The Kier molecular flexibility index (Phi) is 3.20. The molecule has 0 saturated heterocycles. The molecule has 0 saturated carbocycles. The fourth-order valence-corrected chi connectivity index (χ4v) is 2.76. The van der Waals surface area contributed by atoms with Gasteiger partial charge in [-0.15, -0.1) is 0 Å². The third-order valence-corrected chi connectivity index (χ3v) is 3.85. The summed E-state index contributed by atoms with van der Waals surface area (Å²) in [7, 11) is 0. The average molecular weight is 282 g/mol. The molecular formula is C15H14N4S. The van der Waals surface area contributed by atoms with Gasteiger partial charge in [0.1, 0.15) is 5.69 Å². The standard InChI is InChI=1S/C15H14N4S/c1-9-5-6-17-12(7-9)14-13(19-15(16)20-14)11-4-3-10(2)8-18-11/h3-8H,1-2H3,(H2,16,19). The Morgan fingerprint density at radius 2 is 1.85 bits per heavy atom. The lowest BCUT2D eigenvalue weighted by atomic mass is 10.1. The molecule has 0 aliphatic rings. The molecule has 0 aliphatic heterocycles. The Balaban J connectivity index is 2.15. The van der Waals surface area contributed by atoms with Crippen LogP contribution in [0.4, 0.5) is 5.13 Å². The van der Waals surface area contributed by atoms with Crippen LogP contribution in [0.2, 0.25) is 0 Å². The van der Waals surface area contributed by atoms with Crippen molar-refractivity contribution in [2.45, 2.75) is 13.8 Å². The number of nitrogens with two attached hydrogens (primary N) is 1. The van der Waals surface area contributed by atoms with Crippen molar-refractivity contribution in [3.8, 4) is 22.0 Å². The maximum Gasteiger partial charge on any atom is 0.181 e. The van der Waals surface area contributed by atoms with E-state index in [4.69, 9.17) is 5.73 Å². The number of thiazole rings is 1. The van der Waals surface area contributed by atoms with Crippen molar-refractivity contribution in [1.29, 1.82) is 0 Å². The third kappa shape index (κ3) is 2.40. The summed E-state index contributed by atoms with van der Waals surface area (Å²) < 4.78 is 0. The second-order valence-corrected chi connectivity index (χ2v) is 5.70. The Morgan fingerprint density at radius 1 is 1.00 bits per heavy atom. The van der Waals surface area contributed by atoms with Crippen LogP contribution in [-0.4, -0.2) is 15.0 Å². The van der Waals surface area contributed by atoms with E-state index in [-0.39, 0.29) is 0 Å². The van der Waals surface area contributed by atoms with Gasteiger partial charge in [0.2, 0.25) is 0 Å². The van der Waals surface area contributed by atoms with E-state index in [1.807, 2.05) is 44.3 Å². The number of hydrogen-bond acceptors (Lipinski definition) is 5. The van der Waals surface area contributed by atoms with E-state index in [1.165, 1.54) is 11.3 Å². The molecule has 3 aromatic rings. The summed E-state index contributed by atoms with van der Waals surface area (Å²) in [6.45, 7) is 4.05. The second kappa shape index (κ2) is 5.02. The zero-order valence-corrected chi connectivity index (χ0v) is 12.1. The normalized spacial score (nSPS) is 10.7. The van der Waals surface area contributed by atoms with Gasteiger partial charge in [0.25, 0.3) is 0 Å². The van der Waals surface area contributed by atoms with Crippen molar-refractivity contribution < 1.29 is 0 Å². The predicted molar refractivity (Wildman–Crippen MR) is 82.5 cm³/mol. The molecule has 0 amide bonds. The highest BCUT2D eigenvalue weighted by Gasteiger charge is 2.15. The molecule has 5 heteroatoms. The summed E-state index contributed by atoms with van der Waals surface area (Å²) in [4.78, 5) is 14.2. The summed E-state index contributed by atoms with van der Waals surface area (Å²) in [5.74, 6) is 0. The topological polar surface area (TPSA) is 64.7 Å². The predicted octanol–water partition coefficient (Wildman–Crippen LogP) is 3.47. The van der Waals surface area contributed by atoms with Crippen LogP contribution in [-0.2, 0) is 0 Å². The van der Waals surface area contributed by atoms with Crippen LogP contribution in [0.15, 0.2) is 36.7 Å². The van der Waals surface area contributed by atoms with Crippen LogP contribution in [0.25, 0.3) is 22.0 Å². The fourth-order valence-electron chi connectivity index (χ4n) is 1.95. The molecule has 3 aromatic heterocycles. The molecule has 0 aliphatic carbocycles. The zero-order valence-electron chi connectivity index (χ0n) is 11.3. The van der Waals surface area contributed by atoms with Gasteiger partial charge in [-0.3, -0.25) is 9.97 Å². The molecule has 0 atom stereocenters. The Bertz CT molecular complexity index is 747. The third-order valence-electron chi connectivity index (χ3n) is 2.95. The minimum atomic E-state index is 0.528. The molecule has 3 heterocycles. The number of nitrogen functional groups attached to an aromatic ring is 1. The van der Waals surface area contributed by atoms with Crippen molar-refractivity contribution in [1.82, 2.24) is 15.0 Å². The quantitative estimate of drug-likeness (QED) is 0.781. The maximum atomic E-state index is 5.87. The van der Waals surface area contributed by atoms with E-state index >= 15 is 0 Å². The summed E-state index contributed by atoms with van der Waals surface area (Å²) in [6, 6.07) is 7.98. The highest BCUT2D eigenvalue weighted by atomic mass is 32.1. The molecule has 0 fully saturated rings. The highest BCUT2D eigenvalue weighted by molar-refractivity contribution is 7.19. The number of rotatable bonds is 2. The first-order chi connectivity index (χ1) is 9.63. The van der Waals surface area contributed by atoms with Crippen LogP contribution in [0.3, 0.4) is 0 Å². The summed E-state index contributed by atoms with van der Waals surface area (Å²) >= 11 is 1.44. The van der Waals surface area contributed by atoms with Gasteiger partial charge in [0.05, 0.1) is 16.3 Å². The van der Waals surface area contributed by atoms with Gasteiger partial charge in [-0.25, -0.2) is 4.98 Å². The molecule has 0 spiro atoms. The fraction of sp³-hybridized carbons (Fsp3) is 0.133. The van der Waals surface area contributed by atoms with Gasteiger partial charge < -0.3 is 5.73 Å². The van der Waals surface area contributed by atoms with Crippen molar-refractivity contribution >= 4 is 16.5 Å². The SMILES string of the molecule is Cc1ccc(-c2nc(N)sc2-c2cc(C)ccn2)nc1. The zero-order chi connectivity index (χ0) is 14.1. The van der Waals surface area contributed by atoms with Crippen molar-refractivity contribution in [3.63, 3.8) is 0 Å². The number of hydrogen-bond donors (Lipinski definition) is 1. The summed E-state index contributed by atoms with van der Waals surface area (Å²) in [5, 5.41) is 0.528. The van der Waals surface area contributed by atoms with Crippen molar-refractivity contribution in [3.05, 3.63) is 47.8 Å². The van der Waals surface area contributed by atoms with Gasteiger partial charge >= 0.3 is 0 Å². The molecule has 100 valence electrons. The number of aryl methyl sites for hydroxylation is 2. The first kappa shape index (κ1) is 12.7. The largest absolute Gasteiger partial charge is 0.375 e. The van der Waals surface area contributed by atoms with Crippen LogP contribution >= 0.6 is 11.3 Å². The van der Waals surface area contributed by atoms with Gasteiger partial charge in [0, 0.05) is 12.4 Å². The van der Waals surface area contributed by atoms with E-state index in [2.05, 4.69) is 15.0 Å². The Morgan fingerprint density at radius 3 is 2.55 bits per heavy atom. The molecule has 2 N–H and O–H groups in total. The van der Waals surface area contributed by atoms with Gasteiger partial charge in [-0.05, 0) is 43.2 Å². The monoisotopic (exact) mass is 282 g/mol. The van der Waals surface area contributed by atoms with E-state index < -0.39 is 0 Å². The molecule has 0 radical (unpaired) electrons. The smallest absolute Gasteiger partial charge is 0.181 e. The molecular weight excluding hydrogens is 268 g/mol. The molecule has 0 bridgehead atoms. The van der Waals surface area contributed by atoms with E-state index in [1.54, 1.807) is 6.20 Å². The molecule has 3 rings (SSSR count). The average Bonchev–Trinajstić information content (AvgIpc) is 2.82. The first-order valence-corrected chi connectivity index (χ1v) is 7.07. The van der Waals surface area contributed by atoms with Gasteiger partial charge in [0.15, 0.2) is 5.13 Å². The lowest BCUT2D eigenvalue weighted by Gasteiger charge is -2.02. The Hall–Kier alpha value is -2.27. The lowest BCUT2D eigenvalue weighted by Crippen LogP contribution is -1.89. The first-order valence-electron chi connectivity index (χ1n) is 6.26. The minimum Gasteiger partial charge on any atom is -0.375 e. The van der Waals surface area contributed by atoms with Crippen molar-refractivity contribution in [2.24, 2.45) is 0 Å². The number of anilines is 1.